The van der Waals surface area contributed by atoms with E-state index in [0.717, 1.165) is 5.75 Å². The first-order valence-electron chi connectivity index (χ1n) is 7.01. The fraction of sp³-hybridized carbons (Fsp3) is 0.312. The van der Waals surface area contributed by atoms with E-state index in [4.69, 9.17) is 10.5 Å². The van der Waals surface area contributed by atoms with Crippen LogP contribution < -0.4 is 15.4 Å². The molecule has 0 saturated heterocycles. The smallest absolute Gasteiger partial charge is 0.269 e. The number of ether oxygens (including phenoxy) is 1. The first kappa shape index (κ1) is 15.8. The summed E-state index contributed by atoms with van der Waals surface area (Å²) >= 11 is 0. The Morgan fingerprint density at radius 3 is 2.41 bits per heavy atom. The molecular weight excluding hydrogens is 280 g/mol. The zero-order chi connectivity index (χ0) is 16.1. The highest BCUT2D eigenvalue weighted by molar-refractivity contribution is 5.90. The number of amides is 1. The Kier molecular flexibility index (Phi) is 4.93. The van der Waals surface area contributed by atoms with Gasteiger partial charge >= 0.3 is 0 Å². The number of hydrogen-bond acceptors (Lipinski definition) is 5. The molecule has 0 bridgehead atoms. The molecule has 1 amide bonds. The van der Waals surface area contributed by atoms with Gasteiger partial charge in [-0.05, 0) is 49.2 Å². The summed E-state index contributed by atoms with van der Waals surface area (Å²) in [6, 6.07) is 9.40. The number of anilines is 1. The SMILES string of the molecule is Cc1cc(C)cc(OCCN(C)c2ccc(C(N)=O)nn2)c1. The Hall–Kier alpha value is -2.63. The van der Waals surface area contributed by atoms with Crippen LogP contribution in [0.3, 0.4) is 0 Å². The fourth-order valence-corrected chi connectivity index (χ4v) is 2.09. The topological polar surface area (TPSA) is 81.3 Å². The highest BCUT2D eigenvalue weighted by atomic mass is 16.5. The number of aryl methyl sites for hydroxylation is 2. The van der Waals surface area contributed by atoms with Crippen LogP contribution in [0.2, 0.25) is 0 Å². The Morgan fingerprint density at radius 1 is 1.18 bits per heavy atom. The van der Waals surface area contributed by atoms with Crippen LogP contribution in [0, 0.1) is 13.8 Å². The van der Waals surface area contributed by atoms with Crippen LogP contribution >= 0.6 is 0 Å². The van der Waals surface area contributed by atoms with Crippen LogP contribution in [-0.4, -0.2) is 36.3 Å². The zero-order valence-corrected chi connectivity index (χ0v) is 13.0. The number of likely N-dealkylation sites (N-methyl/N-ethyl adjacent to an activating group) is 1. The minimum Gasteiger partial charge on any atom is -0.492 e. The van der Waals surface area contributed by atoms with E-state index in [1.807, 2.05) is 37.9 Å². The van der Waals surface area contributed by atoms with Crippen molar-refractivity contribution in [3.05, 3.63) is 47.2 Å². The van der Waals surface area contributed by atoms with Gasteiger partial charge < -0.3 is 15.4 Å². The van der Waals surface area contributed by atoms with E-state index in [2.05, 4.69) is 16.3 Å². The molecule has 1 aromatic carbocycles. The van der Waals surface area contributed by atoms with Gasteiger partial charge in [-0.1, -0.05) is 6.07 Å². The van der Waals surface area contributed by atoms with E-state index in [0.29, 0.717) is 19.0 Å². The minimum atomic E-state index is -0.583. The third kappa shape index (κ3) is 4.18. The summed E-state index contributed by atoms with van der Waals surface area (Å²) in [6.45, 7) is 5.26. The van der Waals surface area contributed by atoms with Crippen molar-refractivity contribution in [3.63, 3.8) is 0 Å². The Bertz CT molecular complexity index is 635. The van der Waals surface area contributed by atoms with Gasteiger partial charge in [0.1, 0.15) is 12.4 Å². The normalized spacial score (nSPS) is 10.3. The predicted molar refractivity (Wildman–Crippen MR) is 85.2 cm³/mol. The molecule has 0 aliphatic rings. The molecule has 6 heteroatoms. The van der Waals surface area contributed by atoms with Crippen LogP contribution in [0.5, 0.6) is 5.75 Å². The minimum absolute atomic E-state index is 0.156. The van der Waals surface area contributed by atoms with Crippen LogP contribution in [0.1, 0.15) is 21.6 Å². The molecule has 0 radical (unpaired) electrons. The number of rotatable bonds is 6. The lowest BCUT2D eigenvalue weighted by Gasteiger charge is -2.18. The Morgan fingerprint density at radius 2 is 1.86 bits per heavy atom. The third-order valence-corrected chi connectivity index (χ3v) is 3.18. The van der Waals surface area contributed by atoms with Crippen molar-refractivity contribution in [1.82, 2.24) is 10.2 Å². The molecule has 2 aromatic rings. The molecular formula is C16H20N4O2. The summed E-state index contributed by atoms with van der Waals surface area (Å²) in [4.78, 5) is 12.9. The Labute approximate surface area is 129 Å². The van der Waals surface area contributed by atoms with Gasteiger partial charge in [0, 0.05) is 7.05 Å². The van der Waals surface area contributed by atoms with Gasteiger partial charge in [-0.15, -0.1) is 10.2 Å². The van der Waals surface area contributed by atoms with E-state index in [1.165, 1.54) is 11.1 Å². The van der Waals surface area contributed by atoms with Crippen molar-refractivity contribution in [2.24, 2.45) is 5.73 Å². The third-order valence-electron chi connectivity index (χ3n) is 3.18. The van der Waals surface area contributed by atoms with Crippen LogP contribution in [-0.2, 0) is 0 Å². The molecule has 0 atom stereocenters. The number of hydrogen-bond donors (Lipinski definition) is 1. The van der Waals surface area contributed by atoms with Crippen molar-refractivity contribution in [2.45, 2.75) is 13.8 Å². The predicted octanol–water partition coefficient (Wildman–Crippen LogP) is 1.71. The molecule has 6 nitrogen and oxygen atoms in total. The van der Waals surface area contributed by atoms with Gasteiger partial charge in [0.15, 0.2) is 11.5 Å². The molecule has 1 heterocycles. The number of carbonyl (C=O) groups is 1. The molecule has 0 unspecified atom stereocenters. The maximum absolute atomic E-state index is 11.0. The second-order valence-corrected chi connectivity index (χ2v) is 5.23. The van der Waals surface area contributed by atoms with Gasteiger partial charge in [0.2, 0.25) is 0 Å². The number of nitrogens with zero attached hydrogens (tertiary/aromatic N) is 3. The first-order chi connectivity index (χ1) is 10.5. The highest BCUT2D eigenvalue weighted by Crippen LogP contribution is 2.16. The molecule has 0 aliphatic carbocycles. The van der Waals surface area contributed by atoms with E-state index in [-0.39, 0.29) is 5.69 Å². The summed E-state index contributed by atoms with van der Waals surface area (Å²) in [6.07, 6.45) is 0. The average Bonchev–Trinajstić information content (AvgIpc) is 2.46. The van der Waals surface area contributed by atoms with Gasteiger partial charge in [0.25, 0.3) is 5.91 Å². The molecule has 0 aliphatic heterocycles. The van der Waals surface area contributed by atoms with Crippen LogP contribution in [0.4, 0.5) is 5.82 Å². The van der Waals surface area contributed by atoms with Crippen LogP contribution in [0.25, 0.3) is 0 Å². The second kappa shape index (κ2) is 6.89. The lowest BCUT2D eigenvalue weighted by Crippen LogP contribution is -2.25. The maximum Gasteiger partial charge on any atom is 0.269 e. The molecule has 2 N–H and O–H groups in total. The van der Waals surface area contributed by atoms with Crippen molar-refractivity contribution in [3.8, 4) is 5.75 Å². The number of nitrogens with two attached hydrogens (primary N) is 1. The van der Waals surface area contributed by atoms with Crippen molar-refractivity contribution in [1.29, 1.82) is 0 Å². The van der Waals surface area contributed by atoms with Crippen molar-refractivity contribution in [2.75, 3.05) is 25.1 Å². The molecule has 1 aromatic heterocycles. The summed E-state index contributed by atoms with van der Waals surface area (Å²) < 4.78 is 5.76. The monoisotopic (exact) mass is 300 g/mol. The zero-order valence-electron chi connectivity index (χ0n) is 13.0. The summed E-state index contributed by atoms with van der Waals surface area (Å²) in [5.41, 5.74) is 7.64. The Balaban J connectivity index is 1.89. The molecule has 0 fully saturated rings. The standard InChI is InChI=1S/C16H20N4O2/c1-11-8-12(2)10-13(9-11)22-7-6-20(3)15-5-4-14(16(17)21)18-19-15/h4-5,8-10H,6-7H2,1-3H3,(H2,17,21). The molecule has 22 heavy (non-hydrogen) atoms. The fourth-order valence-electron chi connectivity index (χ4n) is 2.09. The quantitative estimate of drug-likeness (QED) is 0.878. The second-order valence-electron chi connectivity index (χ2n) is 5.23. The van der Waals surface area contributed by atoms with E-state index >= 15 is 0 Å². The summed E-state index contributed by atoms with van der Waals surface area (Å²) in [7, 11) is 1.89. The number of benzene rings is 1. The van der Waals surface area contributed by atoms with Crippen molar-refractivity contribution < 1.29 is 9.53 Å². The summed E-state index contributed by atoms with van der Waals surface area (Å²) in [5, 5.41) is 7.75. The molecule has 116 valence electrons. The largest absolute Gasteiger partial charge is 0.492 e. The van der Waals surface area contributed by atoms with Gasteiger partial charge in [0.05, 0.1) is 6.54 Å². The molecule has 0 saturated carbocycles. The van der Waals surface area contributed by atoms with Gasteiger partial charge in [-0.25, -0.2) is 0 Å². The van der Waals surface area contributed by atoms with Gasteiger partial charge in [-0.2, -0.15) is 0 Å². The first-order valence-corrected chi connectivity index (χ1v) is 7.01. The lowest BCUT2D eigenvalue weighted by molar-refractivity contribution is 0.0994. The van der Waals surface area contributed by atoms with Gasteiger partial charge in [-0.3, -0.25) is 4.79 Å². The number of aromatic nitrogens is 2. The molecule has 2 rings (SSSR count). The van der Waals surface area contributed by atoms with E-state index in [9.17, 15) is 4.79 Å². The number of carbonyl (C=O) groups excluding carboxylic acids is 1. The summed E-state index contributed by atoms with van der Waals surface area (Å²) in [5.74, 6) is 0.940. The van der Waals surface area contributed by atoms with E-state index in [1.54, 1.807) is 12.1 Å². The maximum atomic E-state index is 11.0. The van der Waals surface area contributed by atoms with Crippen molar-refractivity contribution >= 4 is 11.7 Å². The van der Waals surface area contributed by atoms with Crippen LogP contribution in [0.15, 0.2) is 30.3 Å². The average molecular weight is 300 g/mol. The van der Waals surface area contributed by atoms with E-state index < -0.39 is 5.91 Å². The number of primary amides is 1. The highest BCUT2D eigenvalue weighted by Gasteiger charge is 2.07. The molecule has 0 spiro atoms. The lowest BCUT2D eigenvalue weighted by atomic mass is 10.1.